The van der Waals surface area contributed by atoms with E-state index < -0.39 is 8.46 Å². The second-order valence-electron chi connectivity index (χ2n) is 4.69. The zero-order chi connectivity index (χ0) is 9.50. The van der Waals surface area contributed by atoms with E-state index in [9.17, 15) is 0 Å². The minimum absolute atomic E-state index is 0.00559. The van der Waals surface area contributed by atoms with Crippen molar-refractivity contribution < 1.29 is 0 Å². The summed E-state index contributed by atoms with van der Waals surface area (Å²) >= 11 is 0. The molecule has 3 heteroatoms. The molecule has 0 aromatic rings. The fourth-order valence-electron chi connectivity index (χ4n) is 0.919. The van der Waals surface area contributed by atoms with Gasteiger partial charge >= 0.3 is 0 Å². The van der Waals surface area contributed by atoms with E-state index in [0.29, 0.717) is 0 Å². The smallest absolute Gasteiger partial charge is 0.0177 e. The Morgan fingerprint density at radius 1 is 0.727 bits per heavy atom. The van der Waals surface area contributed by atoms with Crippen molar-refractivity contribution in [1.29, 1.82) is 0 Å². The molecule has 0 heterocycles. The molecule has 0 nitrogen and oxygen atoms in total. The van der Waals surface area contributed by atoms with Gasteiger partial charge in [0.1, 0.15) is 0 Å². The van der Waals surface area contributed by atoms with E-state index in [4.69, 9.17) is 21.4 Å². The lowest BCUT2D eigenvalue weighted by Gasteiger charge is -2.48. The lowest BCUT2D eigenvalue weighted by atomic mass is 10.2. The van der Waals surface area contributed by atoms with Gasteiger partial charge in [0.25, 0.3) is 0 Å². The minimum atomic E-state index is -1.57. The monoisotopic (exact) mass is 216 g/mol. The van der Waals surface area contributed by atoms with Crippen LogP contribution in [0.3, 0.4) is 0 Å². The Morgan fingerprint density at radius 2 is 0.909 bits per heavy atom. The molecule has 0 aliphatic rings. The molecule has 0 saturated heterocycles. The molecule has 11 heavy (non-hydrogen) atoms. The third-order valence-corrected chi connectivity index (χ3v) is 10.2. The molecule has 0 aliphatic heterocycles. The van der Waals surface area contributed by atoms with E-state index >= 15 is 0 Å². The van der Waals surface area contributed by atoms with E-state index in [-0.39, 0.29) is 9.49 Å². The average molecular weight is 217 g/mol. The Bertz CT molecular complexity index is 123. The first kappa shape index (κ1) is 11.9. The molecule has 0 aromatic carbocycles. The van der Waals surface area contributed by atoms with E-state index in [1.807, 2.05) is 0 Å². The van der Waals surface area contributed by atoms with E-state index in [1.165, 1.54) is 0 Å². The minimum Gasteiger partial charge on any atom is -0.0744 e. The first-order valence-electron chi connectivity index (χ1n) is 3.72. The fraction of sp³-hybridized carbons (Fsp3) is 1.00. The summed E-state index contributed by atoms with van der Waals surface area (Å²) in [6.07, 6.45) is 0. The van der Waals surface area contributed by atoms with Crippen LogP contribution in [0.4, 0.5) is 0 Å². The number of halogens is 2. The zero-order valence-corrected chi connectivity index (χ0v) is 10.5. The molecule has 0 fully saturated rings. The lowest BCUT2D eigenvalue weighted by Crippen LogP contribution is -2.30. The Kier molecular flexibility index (Phi) is 3.26. The van der Waals surface area contributed by atoms with Gasteiger partial charge in [-0.25, -0.2) is 0 Å². The molecule has 0 atom stereocenters. The van der Waals surface area contributed by atoms with Gasteiger partial charge in [0.2, 0.25) is 0 Å². The van der Waals surface area contributed by atoms with E-state index in [2.05, 4.69) is 41.5 Å². The van der Waals surface area contributed by atoms with Crippen molar-refractivity contribution in [3.63, 3.8) is 0 Å². The van der Waals surface area contributed by atoms with Gasteiger partial charge in [0.05, 0.1) is 0 Å². The molecular formula is C8H18Cl2S. The summed E-state index contributed by atoms with van der Waals surface area (Å²) in [5.74, 6) is 0. The van der Waals surface area contributed by atoms with Crippen LogP contribution in [0.1, 0.15) is 41.5 Å². The Balaban J connectivity index is 4.75. The molecule has 0 saturated carbocycles. The topological polar surface area (TPSA) is 0 Å². The Labute approximate surface area is 81.0 Å². The van der Waals surface area contributed by atoms with Gasteiger partial charge in [-0.2, -0.15) is 0 Å². The molecule has 0 bridgehead atoms. The van der Waals surface area contributed by atoms with Crippen LogP contribution in [0.5, 0.6) is 0 Å². The number of hydrogen-bond donors (Lipinski definition) is 0. The zero-order valence-electron chi connectivity index (χ0n) is 8.16. The molecule has 0 aliphatic carbocycles. The summed E-state index contributed by atoms with van der Waals surface area (Å²) in [6, 6.07) is 0. The largest absolute Gasteiger partial charge is 0.0744 e. The van der Waals surface area contributed by atoms with Gasteiger partial charge in [-0.3, -0.25) is 0 Å². The summed E-state index contributed by atoms with van der Waals surface area (Å²) in [5.41, 5.74) is 0. The van der Waals surface area contributed by atoms with Crippen LogP contribution in [0, 0.1) is 0 Å². The van der Waals surface area contributed by atoms with Gasteiger partial charge in [-0.05, 0) is 21.4 Å². The van der Waals surface area contributed by atoms with Gasteiger partial charge < -0.3 is 0 Å². The fourth-order valence-corrected chi connectivity index (χ4v) is 2.76. The predicted molar refractivity (Wildman–Crippen MR) is 58.8 cm³/mol. The molecule has 0 radical (unpaired) electrons. The van der Waals surface area contributed by atoms with Gasteiger partial charge in [-0.15, -0.1) is 0 Å². The Morgan fingerprint density at radius 3 is 0.909 bits per heavy atom. The molecule has 0 aromatic heterocycles. The maximum atomic E-state index is 6.34. The van der Waals surface area contributed by atoms with Crippen LogP contribution in [0.25, 0.3) is 0 Å². The normalized spacial score (nSPS) is 16.7. The standard InChI is InChI=1S/C8H18Cl2S/c1-7(2,3)11(9,10)8(4,5)6/h1-6H3. The van der Waals surface area contributed by atoms with Gasteiger partial charge in [0, 0.05) is 9.49 Å². The van der Waals surface area contributed by atoms with Crippen molar-refractivity contribution >= 4 is 29.8 Å². The maximum absolute atomic E-state index is 6.34. The third kappa shape index (κ3) is 2.43. The van der Waals surface area contributed by atoms with Crippen molar-refractivity contribution in [2.75, 3.05) is 0 Å². The molecule has 0 rings (SSSR count). The van der Waals surface area contributed by atoms with Crippen LogP contribution in [-0.2, 0) is 0 Å². The first-order valence-corrected chi connectivity index (χ1v) is 7.00. The van der Waals surface area contributed by atoms with Gasteiger partial charge in [-0.1, -0.05) is 50.0 Å². The van der Waals surface area contributed by atoms with Crippen molar-refractivity contribution in [2.45, 2.75) is 51.0 Å². The summed E-state index contributed by atoms with van der Waals surface area (Å²) in [4.78, 5) is 0. The SMILES string of the molecule is CC(C)(C)S(Cl)(Cl)C(C)(C)C. The van der Waals surface area contributed by atoms with Crippen molar-refractivity contribution in [3.8, 4) is 0 Å². The highest BCUT2D eigenvalue weighted by Crippen LogP contribution is 2.75. The Hall–Kier alpha value is 0.930. The van der Waals surface area contributed by atoms with E-state index in [1.54, 1.807) is 0 Å². The van der Waals surface area contributed by atoms with Crippen LogP contribution in [-0.4, -0.2) is 9.49 Å². The second kappa shape index (κ2) is 3.01. The molecular weight excluding hydrogens is 199 g/mol. The van der Waals surface area contributed by atoms with Crippen LogP contribution in [0.2, 0.25) is 0 Å². The highest BCUT2D eigenvalue weighted by molar-refractivity contribution is 8.67. The summed E-state index contributed by atoms with van der Waals surface area (Å²) in [6.45, 7) is 12.5. The number of hydrogen-bond acceptors (Lipinski definition) is 0. The second-order valence-corrected chi connectivity index (χ2v) is 11.3. The maximum Gasteiger partial charge on any atom is 0.0177 e. The third-order valence-electron chi connectivity index (χ3n) is 1.54. The van der Waals surface area contributed by atoms with Gasteiger partial charge in [0.15, 0.2) is 0 Å². The van der Waals surface area contributed by atoms with Crippen molar-refractivity contribution in [2.24, 2.45) is 0 Å². The summed E-state index contributed by atoms with van der Waals surface area (Å²) in [5, 5.41) is 0. The van der Waals surface area contributed by atoms with Crippen LogP contribution < -0.4 is 0 Å². The molecule has 0 spiro atoms. The number of rotatable bonds is 0. The quantitative estimate of drug-likeness (QED) is 0.551. The van der Waals surface area contributed by atoms with Crippen LogP contribution >= 0.6 is 29.8 Å². The molecule has 0 unspecified atom stereocenters. The molecule has 0 amide bonds. The average Bonchev–Trinajstić information content (AvgIpc) is 1.58. The van der Waals surface area contributed by atoms with E-state index in [0.717, 1.165) is 0 Å². The summed E-state index contributed by atoms with van der Waals surface area (Å²) < 4.78 is -0.0112. The lowest BCUT2D eigenvalue weighted by molar-refractivity contribution is 0.732. The molecule has 70 valence electrons. The van der Waals surface area contributed by atoms with Crippen molar-refractivity contribution in [1.82, 2.24) is 0 Å². The first-order chi connectivity index (χ1) is 4.50. The molecule has 0 N–H and O–H groups in total. The highest BCUT2D eigenvalue weighted by atomic mass is 36.0. The van der Waals surface area contributed by atoms with Crippen LogP contribution in [0.15, 0.2) is 0 Å². The summed E-state index contributed by atoms with van der Waals surface area (Å²) in [7, 11) is 11.1. The predicted octanol–water partition coefficient (Wildman–Crippen LogP) is 4.70. The van der Waals surface area contributed by atoms with Crippen molar-refractivity contribution in [3.05, 3.63) is 0 Å². The highest BCUT2D eigenvalue weighted by Gasteiger charge is 2.43.